The third kappa shape index (κ3) is 3.46. The molecule has 2 rings (SSSR count). The zero-order valence-electron chi connectivity index (χ0n) is 10.9. The van der Waals surface area contributed by atoms with Crippen molar-refractivity contribution >= 4 is 5.97 Å². The predicted octanol–water partition coefficient (Wildman–Crippen LogP) is 3.63. The number of halogens is 1. The standard InChI is InChI=1S/C15H19FO3/c16-12-4-6-13(7-5-12)19-11-10-15(14(17)18)8-2-1-3-9-15/h4-7H,1-3,8-11H2,(H,17,18). The van der Waals surface area contributed by atoms with E-state index in [-0.39, 0.29) is 5.82 Å². The van der Waals surface area contributed by atoms with E-state index >= 15 is 0 Å². The van der Waals surface area contributed by atoms with Gasteiger partial charge in [-0.2, -0.15) is 0 Å². The van der Waals surface area contributed by atoms with Crippen LogP contribution in [0.25, 0.3) is 0 Å². The van der Waals surface area contributed by atoms with Crippen LogP contribution in [0, 0.1) is 11.2 Å². The van der Waals surface area contributed by atoms with Gasteiger partial charge in [0.1, 0.15) is 11.6 Å². The fourth-order valence-electron chi connectivity index (χ4n) is 2.69. The van der Waals surface area contributed by atoms with Crippen LogP contribution in [0.3, 0.4) is 0 Å². The summed E-state index contributed by atoms with van der Waals surface area (Å²) in [7, 11) is 0. The smallest absolute Gasteiger partial charge is 0.309 e. The lowest BCUT2D eigenvalue weighted by Gasteiger charge is -2.33. The molecule has 0 saturated heterocycles. The van der Waals surface area contributed by atoms with E-state index in [1.165, 1.54) is 12.1 Å². The van der Waals surface area contributed by atoms with Crippen LogP contribution >= 0.6 is 0 Å². The molecule has 0 spiro atoms. The van der Waals surface area contributed by atoms with Gasteiger partial charge in [-0.15, -0.1) is 0 Å². The molecule has 0 heterocycles. The van der Waals surface area contributed by atoms with Gasteiger partial charge >= 0.3 is 5.97 Å². The minimum atomic E-state index is -0.713. The summed E-state index contributed by atoms with van der Waals surface area (Å²) in [6, 6.07) is 5.79. The quantitative estimate of drug-likeness (QED) is 0.885. The second-order valence-electron chi connectivity index (χ2n) is 5.20. The molecule has 1 aliphatic carbocycles. The SMILES string of the molecule is O=C(O)C1(CCOc2ccc(F)cc2)CCCCC1. The Labute approximate surface area is 112 Å². The van der Waals surface area contributed by atoms with Crippen LogP contribution in [-0.4, -0.2) is 17.7 Å². The highest BCUT2D eigenvalue weighted by Crippen LogP contribution is 2.39. The van der Waals surface area contributed by atoms with E-state index in [1.807, 2.05) is 0 Å². The summed E-state index contributed by atoms with van der Waals surface area (Å²) in [4.78, 5) is 11.5. The molecule has 0 aliphatic heterocycles. The Balaban J connectivity index is 1.89. The highest BCUT2D eigenvalue weighted by molar-refractivity contribution is 5.74. The maximum atomic E-state index is 12.7. The first-order valence-corrected chi connectivity index (χ1v) is 6.74. The molecule has 0 atom stereocenters. The van der Waals surface area contributed by atoms with E-state index in [0.717, 1.165) is 32.1 Å². The molecule has 1 aromatic rings. The van der Waals surface area contributed by atoms with Crippen molar-refractivity contribution < 1.29 is 19.0 Å². The second-order valence-corrected chi connectivity index (χ2v) is 5.20. The average Bonchev–Trinajstić information content (AvgIpc) is 2.42. The Morgan fingerprint density at radius 3 is 2.42 bits per heavy atom. The zero-order chi connectivity index (χ0) is 13.7. The van der Waals surface area contributed by atoms with Crippen molar-refractivity contribution in [1.29, 1.82) is 0 Å². The number of ether oxygens (including phenoxy) is 1. The van der Waals surface area contributed by atoms with Crippen molar-refractivity contribution in [3.05, 3.63) is 30.1 Å². The van der Waals surface area contributed by atoms with Crippen molar-refractivity contribution in [3.8, 4) is 5.75 Å². The summed E-state index contributed by atoms with van der Waals surface area (Å²) in [6.07, 6.45) is 5.05. The lowest BCUT2D eigenvalue weighted by atomic mass is 9.72. The number of aliphatic carboxylic acids is 1. The van der Waals surface area contributed by atoms with Crippen LogP contribution in [-0.2, 0) is 4.79 Å². The van der Waals surface area contributed by atoms with Crippen molar-refractivity contribution in [2.75, 3.05) is 6.61 Å². The van der Waals surface area contributed by atoms with Crippen molar-refractivity contribution in [3.63, 3.8) is 0 Å². The topological polar surface area (TPSA) is 46.5 Å². The lowest BCUT2D eigenvalue weighted by Crippen LogP contribution is -2.34. The van der Waals surface area contributed by atoms with E-state index in [9.17, 15) is 14.3 Å². The molecule has 1 fully saturated rings. The molecular formula is C15H19FO3. The van der Waals surface area contributed by atoms with E-state index in [2.05, 4.69) is 0 Å². The van der Waals surface area contributed by atoms with Gasteiger partial charge in [0, 0.05) is 0 Å². The Morgan fingerprint density at radius 1 is 1.21 bits per heavy atom. The van der Waals surface area contributed by atoms with Crippen LogP contribution in [0.5, 0.6) is 5.75 Å². The molecular weight excluding hydrogens is 247 g/mol. The van der Waals surface area contributed by atoms with Gasteiger partial charge in [0.25, 0.3) is 0 Å². The van der Waals surface area contributed by atoms with Crippen molar-refractivity contribution in [2.45, 2.75) is 38.5 Å². The maximum Gasteiger partial charge on any atom is 0.309 e. The molecule has 0 unspecified atom stereocenters. The highest BCUT2D eigenvalue weighted by atomic mass is 19.1. The van der Waals surface area contributed by atoms with E-state index in [4.69, 9.17) is 4.74 Å². The Hall–Kier alpha value is -1.58. The molecule has 0 radical (unpaired) electrons. The molecule has 0 bridgehead atoms. The van der Waals surface area contributed by atoms with Gasteiger partial charge in [0.05, 0.1) is 12.0 Å². The number of benzene rings is 1. The Kier molecular flexibility index (Phi) is 4.40. The summed E-state index contributed by atoms with van der Waals surface area (Å²) in [5.74, 6) is -0.436. The summed E-state index contributed by atoms with van der Waals surface area (Å²) in [6.45, 7) is 0.359. The fourth-order valence-corrected chi connectivity index (χ4v) is 2.69. The lowest BCUT2D eigenvalue weighted by molar-refractivity contribution is -0.152. The van der Waals surface area contributed by atoms with Gasteiger partial charge in [-0.3, -0.25) is 4.79 Å². The molecule has 4 heteroatoms. The minimum absolute atomic E-state index is 0.304. The van der Waals surface area contributed by atoms with Crippen molar-refractivity contribution in [2.24, 2.45) is 5.41 Å². The number of hydrogen-bond acceptors (Lipinski definition) is 2. The maximum absolute atomic E-state index is 12.7. The summed E-state index contributed by atoms with van der Waals surface area (Å²) in [5, 5.41) is 9.42. The molecule has 3 nitrogen and oxygen atoms in total. The van der Waals surface area contributed by atoms with E-state index in [1.54, 1.807) is 12.1 Å². The molecule has 0 amide bonds. The number of carbonyl (C=O) groups is 1. The largest absolute Gasteiger partial charge is 0.494 e. The normalized spacial score (nSPS) is 17.9. The van der Waals surface area contributed by atoms with Crippen LogP contribution in [0.1, 0.15) is 38.5 Å². The van der Waals surface area contributed by atoms with E-state index in [0.29, 0.717) is 18.8 Å². The molecule has 19 heavy (non-hydrogen) atoms. The predicted molar refractivity (Wildman–Crippen MR) is 69.7 cm³/mol. The minimum Gasteiger partial charge on any atom is -0.494 e. The summed E-state index contributed by atoms with van der Waals surface area (Å²) < 4.78 is 18.2. The molecule has 1 saturated carbocycles. The first-order chi connectivity index (χ1) is 9.12. The average molecular weight is 266 g/mol. The Morgan fingerprint density at radius 2 is 1.84 bits per heavy atom. The zero-order valence-corrected chi connectivity index (χ0v) is 10.9. The van der Waals surface area contributed by atoms with Crippen molar-refractivity contribution in [1.82, 2.24) is 0 Å². The second kappa shape index (κ2) is 6.04. The molecule has 0 aromatic heterocycles. The highest BCUT2D eigenvalue weighted by Gasteiger charge is 2.39. The number of carboxylic acid groups (broad SMARTS) is 1. The van der Waals surface area contributed by atoms with Gasteiger partial charge < -0.3 is 9.84 Å². The number of rotatable bonds is 5. The van der Waals surface area contributed by atoms with Gasteiger partial charge in [-0.25, -0.2) is 4.39 Å². The molecule has 1 aromatic carbocycles. The van der Waals surface area contributed by atoms with Crippen LogP contribution < -0.4 is 4.74 Å². The van der Waals surface area contributed by atoms with Crippen LogP contribution in [0.4, 0.5) is 4.39 Å². The monoisotopic (exact) mass is 266 g/mol. The molecule has 1 aliphatic rings. The summed E-state index contributed by atoms with van der Waals surface area (Å²) in [5.41, 5.74) is -0.627. The molecule has 104 valence electrons. The van der Waals surface area contributed by atoms with Gasteiger partial charge in [0.15, 0.2) is 0 Å². The van der Waals surface area contributed by atoms with Gasteiger partial charge in [-0.1, -0.05) is 19.3 Å². The van der Waals surface area contributed by atoms with E-state index < -0.39 is 11.4 Å². The summed E-state index contributed by atoms with van der Waals surface area (Å²) >= 11 is 0. The van der Waals surface area contributed by atoms with Crippen LogP contribution in [0.15, 0.2) is 24.3 Å². The number of hydrogen-bond donors (Lipinski definition) is 1. The third-order valence-electron chi connectivity index (χ3n) is 3.93. The first-order valence-electron chi connectivity index (χ1n) is 6.74. The molecule has 1 N–H and O–H groups in total. The van der Waals surface area contributed by atoms with Gasteiger partial charge in [0.2, 0.25) is 0 Å². The van der Waals surface area contributed by atoms with Crippen LogP contribution in [0.2, 0.25) is 0 Å². The number of carboxylic acids is 1. The third-order valence-corrected chi connectivity index (χ3v) is 3.93. The first kappa shape index (κ1) is 13.8. The fraction of sp³-hybridized carbons (Fsp3) is 0.533. The van der Waals surface area contributed by atoms with Gasteiger partial charge in [-0.05, 0) is 43.5 Å². The Bertz CT molecular complexity index is 422.